The molecule has 1 aliphatic carbocycles. The Labute approximate surface area is 351 Å². The molecule has 2 unspecified atom stereocenters. The molecule has 59 heavy (non-hydrogen) atoms. The lowest BCUT2D eigenvalue weighted by atomic mass is 9.83. The summed E-state index contributed by atoms with van der Waals surface area (Å²) in [4.78, 5) is 56.9. The molecule has 0 spiro atoms. The molecule has 1 aromatic heterocycles. The number of thioether (sulfide) groups is 1. The summed E-state index contributed by atoms with van der Waals surface area (Å²) < 4.78 is 11.0. The van der Waals surface area contributed by atoms with Crippen LogP contribution in [0, 0.1) is 0 Å². The standard InChI is InChI=1S/C48H43N3O6S2/c1-3-57-48(55)42-38-27-26-34(31-16-7-4-8-17-31)29-41(38)59-47(42)51-46(54)43(32-18-9-5-10-19-32)58-37-24-15-23-36(30-37)49-45(53)39(28-35-22-13-14-25-40(35)56-2)50-44(52)33-20-11-6-12-21-33/h4-25,28,30,34,43H,3,26-27,29H2,1-2H3,(H,49,53)(H,50,52)(H,51,54)/b39-28+. The van der Waals surface area contributed by atoms with Crippen molar-refractivity contribution in [1.82, 2.24) is 5.32 Å². The molecule has 5 aromatic carbocycles. The minimum atomic E-state index is -0.723. The Morgan fingerprint density at radius 1 is 0.831 bits per heavy atom. The van der Waals surface area contributed by atoms with E-state index < -0.39 is 23.0 Å². The lowest BCUT2D eigenvalue weighted by Crippen LogP contribution is -2.30. The number of anilines is 2. The molecule has 0 saturated carbocycles. The maximum Gasteiger partial charge on any atom is 0.341 e. The molecule has 0 aliphatic heterocycles. The number of fused-ring (bicyclic) bond motifs is 1. The zero-order chi connectivity index (χ0) is 41.1. The lowest BCUT2D eigenvalue weighted by Gasteiger charge is -2.23. The van der Waals surface area contributed by atoms with E-state index in [0.29, 0.717) is 50.4 Å². The van der Waals surface area contributed by atoms with E-state index in [1.165, 1.54) is 35.8 Å². The molecule has 298 valence electrons. The second-order valence-electron chi connectivity index (χ2n) is 13.8. The second kappa shape index (κ2) is 19.3. The Morgan fingerprint density at radius 3 is 2.25 bits per heavy atom. The molecular formula is C48H43N3O6S2. The first-order chi connectivity index (χ1) is 28.8. The van der Waals surface area contributed by atoms with Gasteiger partial charge in [-0.2, -0.15) is 0 Å². The molecule has 7 rings (SSSR count). The number of carbonyl (C=O) groups excluding carboxylic acids is 4. The summed E-state index contributed by atoms with van der Waals surface area (Å²) in [5.41, 5.74) is 4.86. The highest BCUT2D eigenvalue weighted by Crippen LogP contribution is 2.44. The van der Waals surface area contributed by atoms with Gasteiger partial charge in [-0.15, -0.1) is 23.1 Å². The van der Waals surface area contributed by atoms with Crippen molar-refractivity contribution in [2.75, 3.05) is 24.4 Å². The van der Waals surface area contributed by atoms with Gasteiger partial charge in [-0.25, -0.2) is 4.79 Å². The zero-order valence-electron chi connectivity index (χ0n) is 32.6. The van der Waals surface area contributed by atoms with Crippen molar-refractivity contribution in [1.29, 1.82) is 0 Å². The quantitative estimate of drug-likeness (QED) is 0.0568. The number of nitrogens with one attached hydrogen (secondary N) is 3. The van der Waals surface area contributed by atoms with Crippen LogP contribution in [-0.2, 0) is 27.2 Å². The van der Waals surface area contributed by atoms with Crippen LogP contribution in [0.1, 0.15) is 72.4 Å². The van der Waals surface area contributed by atoms with Gasteiger partial charge in [0.2, 0.25) is 5.91 Å². The monoisotopic (exact) mass is 821 g/mol. The van der Waals surface area contributed by atoms with Crippen molar-refractivity contribution >= 4 is 63.6 Å². The van der Waals surface area contributed by atoms with Crippen molar-refractivity contribution < 1.29 is 28.7 Å². The van der Waals surface area contributed by atoms with Crippen LogP contribution in [0.2, 0.25) is 0 Å². The molecule has 6 aromatic rings. The summed E-state index contributed by atoms with van der Waals surface area (Å²) in [6.07, 6.45) is 3.93. The van der Waals surface area contributed by atoms with E-state index in [0.717, 1.165) is 28.8 Å². The number of benzene rings is 5. The first kappa shape index (κ1) is 40.8. The predicted octanol–water partition coefficient (Wildman–Crippen LogP) is 10.1. The average molecular weight is 822 g/mol. The van der Waals surface area contributed by atoms with Crippen LogP contribution in [0.25, 0.3) is 6.08 Å². The number of hydrogen-bond donors (Lipinski definition) is 3. The summed E-state index contributed by atoms with van der Waals surface area (Å²) in [5.74, 6) is -0.896. The Kier molecular flexibility index (Phi) is 13.4. The SMILES string of the molecule is CCOC(=O)c1c(NC(=O)C(Sc2cccc(NC(=O)/C(=C\c3ccccc3OC)NC(=O)c3ccccc3)c2)c2ccccc2)sc2c1CCC(c1ccccc1)C2. The number of methoxy groups -OCH3 is 1. The minimum absolute atomic E-state index is 0.00841. The number of hydrogen-bond acceptors (Lipinski definition) is 8. The molecule has 0 saturated heterocycles. The Bertz CT molecular complexity index is 2470. The van der Waals surface area contributed by atoms with Crippen LogP contribution < -0.4 is 20.7 Å². The molecule has 0 bridgehead atoms. The lowest BCUT2D eigenvalue weighted by molar-refractivity contribution is -0.116. The molecule has 2 atom stereocenters. The first-order valence-corrected chi connectivity index (χ1v) is 21.0. The van der Waals surface area contributed by atoms with E-state index in [-0.39, 0.29) is 18.2 Å². The van der Waals surface area contributed by atoms with Gasteiger partial charge in [0.1, 0.15) is 21.7 Å². The van der Waals surface area contributed by atoms with E-state index in [9.17, 15) is 19.2 Å². The maximum absolute atomic E-state index is 14.4. The van der Waals surface area contributed by atoms with Gasteiger partial charge in [-0.3, -0.25) is 14.4 Å². The van der Waals surface area contributed by atoms with Crippen molar-refractivity contribution in [2.24, 2.45) is 0 Å². The molecule has 0 fully saturated rings. The van der Waals surface area contributed by atoms with Gasteiger partial charge in [0, 0.05) is 26.6 Å². The topological polar surface area (TPSA) is 123 Å². The van der Waals surface area contributed by atoms with Gasteiger partial charge in [-0.1, -0.05) is 103 Å². The number of carbonyl (C=O) groups is 4. The number of thiophene rings is 1. The first-order valence-electron chi connectivity index (χ1n) is 19.3. The highest BCUT2D eigenvalue weighted by atomic mass is 32.2. The Balaban J connectivity index is 1.14. The molecule has 3 N–H and O–H groups in total. The third kappa shape index (κ3) is 10.00. The third-order valence-corrected chi connectivity index (χ3v) is 12.3. The van der Waals surface area contributed by atoms with Crippen molar-refractivity contribution in [2.45, 2.75) is 42.2 Å². The second-order valence-corrected chi connectivity index (χ2v) is 16.1. The summed E-state index contributed by atoms with van der Waals surface area (Å²) >= 11 is 2.76. The van der Waals surface area contributed by atoms with E-state index in [2.05, 4.69) is 28.1 Å². The van der Waals surface area contributed by atoms with Gasteiger partial charge in [0.15, 0.2) is 0 Å². The van der Waals surface area contributed by atoms with Gasteiger partial charge in [0.05, 0.1) is 19.3 Å². The van der Waals surface area contributed by atoms with Gasteiger partial charge >= 0.3 is 5.97 Å². The van der Waals surface area contributed by atoms with Crippen LogP contribution >= 0.6 is 23.1 Å². The fraction of sp³-hybridized carbons (Fsp3) is 0.167. The highest BCUT2D eigenvalue weighted by Gasteiger charge is 2.32. The molecule has 1 heterocycles. The Morgan fingerprint density at radius 2 is 1.53 bits per heavy atom. The van der Waals surface area contributed by atoms with E-state index in [4.69, 9.17) is 9.47 Å². The van der Waals surface area contributed by atoms with Crippen LogP contribution in [0.3, 0.4) is 0 Å². The van der Waals surface area contributed by atoms with Crippen molar-refractivity contribution in [3.05, 3.63) is 183 Å². The number of rotatable bonds is 14. The number of esters is 1. The minimum Gasteiger partial charge on any atom is -0.496 e. The molecule has 1 aliphatic rings. The van der Waals surface area contributed by atoms with E-state index >= 15 is 0 Å². The zero-order valence-corrected chi connectivity index (χ0v) is 34.2. The van der Waals surface area contributed by atoms with Crippen molar-refractivity contribution in [3.63, 3.8) is 0 Å². The summed E-state index contributed by atoms with van der Waals surface area (Å²) in [5, 5.41) is 8.60. The summed E-state index contributed by atoms with van der Waals surface area (Å²) in [7, 11) is 1.54. The predicted molar refractivity (Wildman–Crippen MR) is 235 cm³/mol. The number of ether oxygens (including phenoxy) is 2. The average Bonchev–Trinajstić information content (AvgIpc) is 3.63. The number of amides is 3. The third-order valence-electron chi connectivity index (χ3n) is 9.91. The van der Waals surface area contributed by atoms with Gasteiger partial charge in [0.25, 0.3) is 11.8 Å². The van der Waals surface area contributed by atoms with Crippen LogP contribution in [0.4, 0.5) is 10.7 Å². The largest absolute Gasteiger partial charge is 0.496 e. The Hall–Kier alpha value is -6.43. The molecular weight excluding hydrogens is 779 g/mol. The highest BCUT2D eigenvalue weighted by molar-refractivity contribution is 8.00. The van der Waals surface area contributed by atoms with Crippen LogP contribution in [-0.4, -0.2) is 37.4 Å². The molecule has 0 radical (unpaired) electrons. The molecule has 9 nitrogen and oxygen atoms in total. The van der Waals surface area contributed by atoms with Gasteiger partial charge in [-0.05, 0) is 91.3 Å². The van der Waals surface area contributed by atoms with Crippen molar-refractivity contribution in [3.8, 4) is 5.75 Å². The van der Waals surface area contributed by atoms with E-state index in [1.807, 2.05) is 72.8 Å². The van der Waals surface area contributed by atoms with Crippen LogP contribution in [0.15, 0.2) is 150 Å². The maximum atomic E-state index is 14.4. The fourth-order valence-electron chi connectivity index (χ4n) is 7.05. The smallest absolute Gasteiger partial charge is 0.341 e. The van der Waals surface area contributed by atoms with Gasteiger partial charge < -0.3 is 25.4 Å². The molecule has 3 amide bonds. The fourth-order valence-corrected chi connectivity index (χ4v) is 9.45. The normalized spacial score (nSPS) is 14.0. The van der Waals surface area contributed by atoms with Crippen LogP contribution in [0.5, 0.6) is 5.75 Å². The van der Waals surface area contributed by atoms with E-state index in [1.54, 1.807) is 67.6 Å². The number of para-hydroxylation sites is 1. The summed E-state index contributed by atoms with van der Waals surface area (Å²) in [6, 6.07) is 42.8. The molecule has 11 heteroatoms. The summed E-state index contributed by atoms with van der Waals surface area (Å²) in [6.45, 7) is 1.99.